The lowest BCUT2D eigenvalue weighted by molar-refractivity contribution is -0.156. The van der Waals surface area contributed by atoms with Crippen molar-refractivity contribution in [2.75, 3.05) is 13.7 Å². The van der Waals surface area contributed by atoms with Crippen molar-refractivity contribution in [3.63, 3.8) is 0 Å². The minimum absolute atomic E-state index is 0.0370. The van der Waals surface area contributed by atoms with Crippen LogP contribution in [0.15, 0.2) is 54.6 Å². The molecule has 0 aliphatic heterocycles. The van der Waals surface area contributed by atoms with Crippen molar-refractivity contribution in [3.05, 3.63) is 65.7 Å². The Morgan fingerprint density at radius 1 is 1.06 bits per heavy atom. The van der Waals surface area contributed by atoms with E-state index in [0.29, 0.717) is 11.5 Å². The van der Waals surface area contributed by atoms with Crippen LogP contribution in [0.3, 0.4) is 0 Å². The zero-order chi connectivity index (χ0) is 22.6. The van der Waals surface area contributed by atoms with Gasteiger partial charge in [0.2, 0.25) is 0 Å². The van der Waals surface area contributed by atoms with Crippen LogP contribution >= 0.6 is 0 Å². The monoisotopic (exact) mass is 425 g/mol. The Bertz CT molecular complexity index is 879. The maximum atomic E-state index is 12.3. The molecule has 0 unspecified atom stereocenters. The summed E-state index contributed by atoms with van der Waals surface area (Å²) in [5.41, 5.74) is 2.18. The van der Waals surface area contributed by atoms with Crippen LogP contribution in [0.5, 0.6) is 11.5 Å². The quantitative estimate of drug-likeness (QED) is 0.547. The predicted molar refractivity (Wildman–Crippen MR) is 121 cm³/mol. The molecule has 2 aromatic carbocycles. The van der Waals surface area contributed by atoms with Gasteiger partial charge in [-0.1, -0.05) is 48.6 Å². The molecule has 0 spiro atoms. The summed E-state index contributed by atoms with van der Waals surface area (Å²) in [7, 11) is 1.53. The Morgan fingerprint density at radius 2 is 1.81 bits per heavy atom. The minimum Gasteiger partial charge on any atom is -0.493 e. The first-order chi connectivity index (χ1) is 14.9. The lowest BCUT2D eigenvalue weighted by Gasteiger charge is -2.18. The van der Waals surface area contributed by atoms with Gasteiger partial charge in [-0.3, -0.25) is 4.79 Å². The van der Waals surface area contributed by atoms with E-state index in [1.165, 1.54) is 12.7 Å². The third-order valence-corrected chi connectivity index (χ3v) is 4.67. The highest BCUT2D eigenvalue weighted by Crippen LogP contribution is 2.28. The van der Waals surface area contributed by atoms with Gasteiger partial charge in [-0.2, -0.15) is 0 Å². The van der Waals surface area contributed by atoms with E-state index in [1.54, 1.807) is 13.0 Å². The highest BCUT2D eigenvalue weighted by atomic mass is 16.6. The van der Waals surface area contributed by atoms with Gasteiger partial charge < -0.3 is 19.5 Å². The molecule has 0 radical (unpaired) electrons. The number of benzene rings is 2. The summed E-state index contributed by atoms with van der Waals surface area (Å²) in [6.07, 6.45) is 4.60. The molecule has 0 aliphatic carbocycles. The first-order valence-corrected chi connectivity index (χ1v) is 10.4. The molecule has 0 bridgehead atoms. The molecular formula is C25H31NO5. The van der Waals surface area contributed by atoms with E-state index in [2.05, 4.69) is 17.4 Å². The number of methoxy groups -OCH3 is 1. The smallest absolute Gasteiger partial charge is 0.344 e. The van der Waals surface area contributed by atoms with Crippen LogP contribution in [0.2, 0.25) is 0 Å². The largest absolute Gasteiger partial charge is 0.493 e. The molecule has 1 amide bonds. The Labute approximate surface area is 184 Å². The van der Waals surface area contributed by atoms with Crippen molar-refractivity contribution < 1.29 is 23.8 Å². The second-order valence-corrected chi connectivity index (χ2v) is 7.26. The molecule has 0 saturated carbocycles. The lowest BCUT2D eigenvalue weighted by Crippen LogP contribution is -2.41. The van der Waals surface area contributed by atoms with Crippen LogP contribution in [-0.2, 0) is 20.7 Å². The summed E-state index contributed by atoms with van der Waals surface area (Å²) in [6.45, 7) is 5.08. The van der Waals surface area contributed by atoms with Gasteiger partial charge in [0, 0.05) is 6.04 Å². The number of aryl methyl sites for hydroxylation is 1. The van der Waals surface area contributed by atoms with Crippen molar-refractivity contribution >= 4 is 18.0 Å². The van der Waals surface area contributed by atoms with Crippen LogP contribution < -0.4 is 14.8 Å². The molecular weight excluding hydrogens is 394 g/mol. The van der Waals surface area contributed by atoms with Gasteiger partial charge in [0.25, 0.3) is 5.91 Å². The number of ether oxygens (including phenoxy) is 3. The van der Waals surface area contributed by atoms with Gasteiger partial charge in [0.05, 0.1) is 7.11 Å². The number of carbonyl (C=O) groups excluding carboxylic acids is 2. The molecule has 0 heterocycles. The molecule has 1 N–H and O–H groups in total. The fourth-order valence-electron chi connectivity index (χ4n) is 2.98. The van der Waals surface area contributed by atoms with Gasteiger partial charge in [0.15, 0.2) is 24.2 Å². The second-order valence-electron chi connectivity index (χ2n) is 7.26. The summed E-state index contributed by atoms with van der Waals surface area (Å²) >= 11 is 0. The SMILES string of the molecule is C/C=C/c1ccc(OCC(=O)O[C@@H](C)C(=O)N[C@@H](C)CCc2ccccc2)c(OC)c1. The van der Waals surface area contributed by atoms with Gasteiger partial charge in [0.1, 0.15) is 0 Å². The Morgan fingerprint density at radius 3 is 2.48 bits per heavy atom. The number of allylic oxidation sites excluding steroid dienone is 1. The molecule has 2 aromatic rings. The lowest BCUT2D eigenvalue weighted by atomic mass is 10.1. The fourth-order valence-corrected chi connectivity index (χ4v) is 2.98. The summed E-state index contributed by atoms with van der Waals surface area (Å²) in [4.78, 5) is 24.4. The van der Waals surface area contributed by atoms with Crippen LogP contribution in [0.4, 0.5) is 0 Å². The molecule has 6 heteroatoms. The standard InChI is InChI=1S/C25H31NO5/c1-5-9-21-14-15-22(23(16-21)29-4)30-17-24(27)31-19(3)25(28)26-18(2)12-13-20-10-7-6-8-11-20/h5-11,14-16,18-19H,12-13,17H2,1-4H3,(H,26,28)/b9-5+/t18-,19-/m0/s1. The van der Waals surface area contributed by atoms with Crippen molar-refractivity contribution in [3.8, 4) is 11.5 Å². The van der Waals surface area contributed by atoms with E-state index in [9.17, 15) is 9.59 Å². The molecule has 31 heavy (non-hydrogen) atoms. The number of rotatable bonds is 11. The van der Waals surface area contributed by atoms with E-state index in [-0.39, 0.29) is 18.6 Å². The van der Waals surface area contributed by atoms with Crippen LogP contribution in [-0.4, -0.2) is 37.7 Å². The van der Waals surface area contributed by atoms with Crippen molar-refractivity contribution in [2.24, 2.45) is 0 Å². The van der Waals surface area contributed by atoms with Gasteiger partial charge >= 0.3 is 5.97 Å². The van der Waals surface area contributed by atoms with E-state index >= 15 is 0 Å². The third-order valence-electron chi connectivity index (χ3n) is 4.67. The highest BCUT2D eigenvalue weighted by molar-refractivity contribution is 5.83. The van der Waals surface area contributed by atoms with E-state index < -0.39 is 12.1 Å². The van der Waals surface area contributed by atoms with Gasteiger partial charge in [-0.05, 0) is 56.9 Å². The zero-order valence-corrected chi connectivity index (χ0v) is 18.6. The fraction of sp³-hybridized carbons (Fsp3) is 0.360. The zero-order valence-electron chi connectivity index (χ0n) is 18.6. The van der Waals surface area contributed by atoms with E-state index in [0.717, 1.165) is 18.4 Å². The minimum atomic E-state index is -0.908. The molecule has 2 atom stereocenters. The van der Waals surface area contributed by atoms with Crippen molar-refractivity contribution in [1.82, 2.24) is 5.32 Å². The van der Waals surface area contributed by atoms with Crippen LogP contribution in [0.1, 0.15) is 38.3 Å². The molecule has 6 nitrogen and oxygen atoms in total. The highest BCUT2D eigenvalue weighted by Gasteiger charge is 2.20. The maximum Gasteiger partial charge on any atom is 0.344 e. The number of carbonyl (C=O) groups is 2. The Balaban J connectivity index is 1.77. The number of esters is 1. The number of hydrogen-bond acceptors (Lipinski definition) is 5. The van der Waals surface area contributed by atoms with Crippen LogP contribution in [0, 0.1) is 0 Å². The van der Waals surface area contributed by atoms with Gasteiger partial charge in [-0.15, -0.1) is 0 Å². The van der Waals surface area contributed by atoms with Crippen molar-refractivity contribution in [2.45, 2.75) is 45.8 Å². The Hall–Kier alpha value is -3.28. The topological polar surface area (TPSA) is 73.9 Å². The molecule has 2 rings (SSSR count). The normalized spacial score (nSPS) is 12.8. The third kappa shape index (κ3) is 8.16. The number of nitrogens with one attached hydrogen (secondary N) is 1. The van der Waals surface area contributed by atoms with E-state index in [4.69, 9.17) is 14.2 Å². The summed E-state index contributed by atoms with van der Waals surface area (Å²) in [6, 6.07) is 15.4. The molecule has 0 saturated heterocycles. The molecule has 166 valence electrons. The molecule has 0 aromatic heterocycles. The number of amides is 1. The predicted octanol–water partition coefficient (Wildman–Crippen LogP) is 4.18. The second kappa shape index (κ2) is 12.4. The van der Waals surface area contributed by atoms with E-state index in [1.807, 2.05) is 56.3 Å². The summed E-state index contributed by atoms with van der Waals surface area (Å²) in [5, 5.41) is 2.88. The summed E-state index contributed by atoms with van der Waals surface area (Å²) in [5.74, 6) is -0.0119. The molecule has 0 fully saturated rings. The first kappa shape index (κ1) is 24.0. The summed E-state index contributed by atoms with van der Waals surface area (Å²) < 4.78 is 16.0. The van der Waals surface area contributed by atoms with Gasteiger partial charge in [-0.25, -0.2) is 4.79 Å². The first-order valence-electron chi connectivity index (χ1n) is 10.4. The maximum absolute atomic E-state index is 12.3. The van der Waals surface area contributed by atoms with Crippen LogP contribution in [0.25, 0.3) is 6.08 Å². The average Bonchev–Trinajstić information content (AvgIpc) is 2.77. The average molecular weight is 426 g/mol. The van der Waals surface area contributed by atoms with Crippen molar-refractivity contribution in [1.29, 1.82) is 0 Å². The molecule has 0 aliphatic rings. The number of hydrogen-bond donors (Lipinski definition) is 1. The Kier molecular flexibility index (Phi) is 9.62.